The van der Waals surface area contributed by atoms with Crippen molar-refractivity contribution < 1.29 is 25.2 Å². The highest BCUT2D eigenvalue weighted by atomic mass is 16.3. The summed E-state index contributed by atoms with van der Waals surface area (Å²) in [6, 6.07) is -0.997. The average molecular weight is 780 g/mol. The van der Waals surface area contributed by atoms with Gasteiger partial charge in [-0.2, -0.15) is 0 Å². The van der Waals surface area contributed by atoms with Crippen molar-refractivity contribution in [1.82, 2.24) is 5.32 Å². The van der Waals surface area contributed by atoms with E-state index in [1.165, 1.54) is 199 Å². The van der Waals surface area contributed by atoms with Crippen LogP contribution in [0.25, 0.3) is 0 Å². The molecule has 0 aliphatic carbocycles. The normalized spacial score (nSPS) is 14.1. The summed E-state index contributed by atoms with van der Waals surface area (Å²) >= 11 is 0. The first kappa shape index (κ1) is 54.0. The predicted molar refractivity (Wildman–Crippen MR) is 238 cm³/mol. The molecule has 0 saturated carbocycles. The highest BCUT2D eigenvalue weighted by Crippen LogP contribution is 2.17. The zero-order valence-corrected chi connectivity index (χ0v) is 36.9. The Bertz CT molecular complexity index is 791. The van der Waals surface area contributed by atoms with Gasteiger partial charge in [-0.1, -0.05) is 238 Å². The highest BCUT2D eigenvalue weighted by Gasteiger charge is 2.28. The molecular formula is C49H97NO5. The molecule has 6 heteroatoms. The van der Waals surface area contributed by atoms with Gasteiger partial charge in [0.1, 0.15) is 12.2 Å². The molecule has 55 heavy (non-hydrogen) atoms. The van der Waals surface area contributed by atoms with Crippen molar-refractivity contribution in [3.8, 4) is 0 Å². The van der Waals surface area contributed by atoms with E-state index in [0.29, 0.717) is 12.8 Å². The Labute approximate surface area is 342 Å². The standard InChI is InChI=1S/C49H97NO5/c1-3-5-7-9-11-13-15-17-19-21-22-23-24-25-27-29-31-33-35-37-39-41-43-47(53)49(55)50-45(44-51)48(54)46(52)42-40-38-36-34-32-30-28-26-20-18-16-14-12-10-8-6-4-2/h34,36,45-48,51-54H,3-33,35,37-44H2,1-2H3,(H,50,55)/b36-34+. The van der Waals surface area contributed by atoms with Crippen LogP contribution in [0.5, 0.6) is 0 Å². The third-order valence-corrected chi connectivity index (χ3v) is 11.7. The molecule has 6 nitrogen and oxygen atoms in total. The maximum Gasteiger partial charge on any atom is 0.249 e. The fraction of sp³-hybridized carbons (Fsp3) is 0.939. The first-order valence-electron chi connectivity index (χ1n) is 24.6. The van der Waals surface area contributed by atoms with Crippen LogP contribution in [0.4, 0.5) is 0 Å². The zero-order chi connectivity index (χ0) is 40.3. The lowest BCUT2D eigenvalue weighted by Crippen LogP contribution is -2.53. The van der Waals surface area contributed by atoms with E-state index in [0.717, 1.165) is 38.5 Å². The van der Waals surface area contributed by atoms with Gasteiger partial charge in [-0.05, 0) is 38.5 Å². The fourth-order valence-electron chi connectivity index (χ4n) is 7.82. The first-order valence-corrected chi connectivity index (χ1v) is 24.6. The summed E-state index contributed by atoms with van der Waals surface area (Å²) < 4.78 is 0. The molecule has 0 bridgehead atoms. The van der Waals surface area contributed by atoms with E-state index in [2.05, 4.69) is 31.3 Å². The minimum atomic E-state index is -1.28. The van der Waals surface area contributed by atoms with E-state index in [-0.39, 0.29) is 0 Å². The summed E-state index contributed by atoms with van der Waals surface area (Å²) in [6.45, 7) is 4.06. The molecule has 0 aromatic heterocycles. The number of amides is 1. The highest BCUT2D eigenvalue weighted by molar-refractivity contribution is 5.80. The SMILES string of the molecule is CCCCCCCCCCCCCC/C=C/CCCC(O)C(O)C(CO)NC(=O)C(O)CCCCCCCCCCCCCCCCCCCCCCCC. The van der Waals surface area contributed by atoms with Gasteiger partial charge in [0.25, 0.3) is 0 Å². The van der Waals surface area contributed by atoms with E-state index >= 15 is 0 Å². The lowest BCUT2D eigenvalue weighted by atomic mass is 10.00. The number of hydrogen-bond donors (Lipinski definition) is 5. The van der Waals surface area contributed by atoms with E-state index in [1.54, 1.807) is 0 Å². The second-order valence-electron chi connectivity index (χ2n) is 17.2. The summed E-state index contributed by atoms with van der Waals surface area (Å²) in [5.74, 6) is -0.588. The number of hydrogen-bond acceptors (Lipinski definition) is 5. The van der Waals surface area contributed by atoms with Gasteiger partial charge in [0.15, 0.2) is 0 Å². The Balaban J connectivity index is 3.68. The smallest absolute Gasteiger partial charge is 0.249 e. The molecule has 0 spiro atoms. The molecule has 0 aliphatic rings. The third-order valence-electron chi connectivity index (χ3n) is 11.7. The van der Waals surface area contributed by atoms with Crippen molar-refractivity contribution in [2.75, 3.05) is 6.61 Å². The minimum Gasteiger partial charge on any atom is -0.394 e. The largest absolute Gasteiger partial charge is 0.394 e. The summed E-state index contributed by atoms with van der Waals surface area (Å²) in [5, 5.41) is 43.8. The molecule has 4 unspecified atom stereocenters. The van der Waals surface area contributed by atoms with Crippen LogP contribution in [-0.2, 0) is 4.79 Å². The van der Waals surface area contributed by atoms with Gasteiger partial charge in [0.2, 0.25) is 5.91 Å². The Morgan fingerprint density at radius 2 is 0.745 bits per heavy atom. The van der Waals surface area contributed by atoms with Crippen LogP contribution >= 0.6 is 0 Å². The Hall–Kier alpha value is -0.950. The Morgan fingerprint density at radius 3 is 1.09 bits per heavy atom. The topological polar surface area (TPSA) is 110 Å². The lowest BCUT2D eigenvalue weighted by molar-refractivity contribution is -0.132. The van der Waals surface area contributed by atoms with Crippen LogP contribution in [0.1, 0.15) is 264 Å². The molecule has 0 heterocycles. The van der Waals surface area contributed by atoms with Crippen molar-refractivity contribution in [2.45, 2.75) is 289 Å². The second-order valence-corrected chi connectivity index (χ2v) is 17.2. The summed E-state index contributed by atoms with van der Waals surface area (Å²) in [5.41, 5.74) is 0. The fourth-order valence-corrected chi connectivity index (χ4v) is 7.82. The van der Waals surface area contributed by atoms with Gasteiger partial charge >= 0.3 is 0 Å². The molecule has 0 fully saturated rings. The van der Waals surface area contributed by atoms with Crippen LogP contribution < -0.4 is 5.32 Å². The number of aliphatic hydroxyl groups is 4. The van der Waals surface area contributed by atoms with Crippen LogP contribution in [0.2, 0.25) is 0 Å². The van der Waals surface area contributed by atoms with Gasteiger partial charge in [-0.25, -0.2) is 0 Å². The molecule has 0 saturated heterocycles. The van der Waals surface area contributed by atoms with Crippen molar-refractivity contribution >= 4 is 5.91 Å². The molecular weight excluding hydrogens is 683 g/mol. The molecule has 0 radical (unpaired) electrons. The maximum absolute atomic E-state index is 12.5. The number of unbranched alkanes of at least 4 members (excludes halogenated alkanes) is 34. The van der Waals surface area contributed by atoms with Gasteiger partial charge in [-0.3, -0.25) is 4.79 Å². The van der Waals surface area contributed by atoms with Crippen molar-refractivity contribution in [2.24, 2.45) is 0 Å². The number of carbonyl (C=O) groups is 1. The molecule has 0 aromatic rings. The third kappa shape index (κ3) is 38.3. The van der Waals surface area contributed by atoms with Crippen LogP contribution in [-0.4, -0.2) is 57.3 Å². The minimum absolute atomic E-state index is 0.368. The monoisotopic (exact) mass is 780 g/mol. The van der Waals surface area contributed by atoms with Crippen molar-refractivity contribution in [3.05, 3.63) is 12.2 Å². The first-order chi connectivity index (χ1) is 27.0. The van der Waals surface area contributed by atoms with Crippen molar-refractivity contribution in [1.29, 1.82) is 0 Å². The Kier molecular flexibility index (Phi) is 43.4. The van der Waals surface area contributed by atoms with Crippen molar-refractivity contribution in [3.63, 3.8) is 0 Å². The van der Waals surface area contributed by atoms with E-state index in [9.17, 15) is 25.2 Å². The van der Waals surface area contributed by atoms with Gasteiger partial charge in [0.05, 0.1) is 18.8 Å². The van der Waals surface area contributed by atoms with Crippen LogP contribution in [0.15, 0.2) is 12.2 Å². The number of carbonyl (C=O) groups excluding carboxylic acids is 1. The van der Waals surface area contributed by atoms with Crippen LogP contribution in [0.3, 0.4) is 0 Å². The van der Waals surface area contributed by atoms with Gasteiger partial charge < -0.3 is 25.7 Å². The summed E-state index contributed by atoms with van der Waals surface area (Å²) in [7, 11) is 0. The van der Waals surface area contributed by atoms with E-state index in [4.69, 9.17) is 0 Å². The maximum atomic E-state index is 12.5. The number of rotatable bonds is 45. The van der Waals surface area contributed by atoms with Gasteiger partial charge in [-0.15, -0.1) is 0 Å². The predicted octanol–water partition coefficient (Wildman–Crippen LogP) is 13.4. The number of nitrogens with one attached hydrogen (secondary N) is 1. The second kappa shape index (κ2) is 44.2. The van der Waals surface area contributed by atoms with Crippen LogP contribution in [0, 0.1) is 0 Å². The molecule has 4 atom stereocenters. The Morgan fingerprint density at radius 1 is 0.436 bits per heavy atom. The number of allylic oxidation sites excluding steroid dienone is 2. The summed E-state index contributed by atoms with van der Waals surface area (Å²) in [6.07, 6.45) is 49.7. The summed E-state index contributed by atoms with van der Waals surface area (Å²) in [4.78, 5) is 12.5. The molecule has 0 rings (SSSR count). The lowest BCUT2D eigenvalue weighted by Gasteiger charge is -2.27. The molecule has 5 N–H and O–H groups in total. The number of aliphatic hydroxyl groups excluding tert-OH is 4. The average Bonchev–Trinajstić information content (AvgIpc) is 3.19. The van der Waals surface area contributed by atoms with Gasteiger partial charge in [0, 0.05) is 0 Å². The molecule has 328 valence electrons. The zero-order valence-electron chi connectivity index (χ0n) is 36.9. The molecule has 0 aliphatic heterocycles. The van der Waals surface area contributed by atoms with E-state index in [1.807, 2.05) is 0 Å². The molecule has 0 aromatic carbocycles. The van der Waals surface area contributed by atoms with E-state index < -0.39 is 36.9 Å². The molecule has 1 amide bonds. The quantitative estimate of drug-likeness (QED) is 0.0312.